The van der Waals surface area contributed by atoms with Crippen molar-refractivity contribution in [3.63, 3.8) is 0 Å². The van der Waals surface area contributed by atoms with Crippen LogP contribution in [0.1, 0.15) is 27.7 Å². The second-order valence-electron chi connectivity index (χ2n) is 6.39. The zero-order valence-electron chi connectivity index (χ0n) is 13.8. The van der Waals surface area contributed by atoms with Gasteiger partial charge in [-0.15, -0.1) is 0 Å². The number of fused-ring (bicyclic) bond motifs is 1. The van der Waals surface area contributed by atoms with Crippen LogP contribution in [0.5, 0.6) is 17.2 Å². The lowest BCUT2D eigenvalue weighted by molar-refractivity contribution is -0.134. The highest BCUT2D eigenvalue weighted by Crippen LogP contribution is 2.35. The molecule has 5 nitrogen and oxygen atoms in total. The van der Waals surface area contributed by atoms with Gasteiger partial charge in [-0.2, -0.15) is 0 Å². The lowest BCUT2D eigenvalue weighted by atomic mass is 10.1. The van der Waals surface area contributed by atoms with Crippen molar-refractivity contribution >= 4 is 5.91 Å². The van der Waals surface area contributed by atoms with E-state index < -0.39 is 0 Å². The van der Waals surface area contributed by atoms with Crippen molar-refractivity contribution in [2.24, 2.45) is 11.8 Å². The second kappa shape index (κ2) is 7.38. The predicted octanol–water partition coefficient (Wildman–Crippen LogP) is 2.93. The maximum atomic E-state index is 12.4. The Kier molecular flexibility index (Phi) is 5.52. The lowest BCUT2D eigenvalue weighted by Crippen LogP contribution is -2.39. The smallest absolute Gasteiger partial charge is 0.260 e. The van der Waals surface area contributed by atoms with Crippen LogP contribution in [0.3, 0.4) is 0 Å². The highest BCUT2D eigenvalue weighted by Gasteiger charge is 2.18. The van der Waals surface area contributed by atoms with Gasteiger partial charge in [0.25, 0.3) is 5.91 Å². The van der Waals surface area contributed by atoms with Crippen LogP contribution >= 0.6 is 0 Å². The quantitative estimate of drug-likeness (QED) is 0.777. The first-order chi connectivity index (χ1) is 10.5. The highest BCUT2D eigenvalue weighted by atomic mass is 16.7. The minimum Gasteiger partial charge on any atom is -0.484 e. The van der Waals surface area contributed by atoms with Crippen molar-refractivity contribution in [1.29, 1.82) is 0 Å². The van der Waals surface area contributed by atoms with Crippen molar-refractivity contribution < 1.29 is 19.0 Å². The molecule has 1 amide bonds. The van der Waals surface area contributed by atoms with E-state index in [1.54, 1.807) is 18.2 Å². The van der Waals surface area contributed by atoms with E-state index >= 15 is 0 Å². The van der Waals surface area contributed by atoms with Crippen LogP contribution in [-0.4, -0.2) is 37.3 Å². The molecule has 0 saturated heterocycles. The Morgan fingerprint density at radius 2 is 1.77 bits per heavy atom. The Balaban J connectivity index is 1.92. The number of hydrogen-bond donors (Lipinski definition) is 0. The normalized spacial score (nSPS) is 12.8. The average Bonchev–Trinajstić information content (AvgIpc) is 2.90. The molecule has 0 bridgehead atoms. The molecule has 0 fully saturated rings. The molecule has 0 unspecified atom stereocenters. The van der Waals surface area contributed by atoms with Crippen molar-refractivity contribution in [2.75, 3.05) is 26.5 Å². The molecule has 1 aromatic rings. The molecule has 5 heteroatoms. The van der Waals surface area contributed by atoms with E-state index in [2.05, 4.69) is 27.7 Å². The van der Waals surface area contributed by atoms with Crippen LogP contribution < -0.4 is 14.2 Å². The van der Waals surface area contributed by atoms with Gasteiger partial charge in [0.1, 0.15) is 5.75 Å². The fraction of sp³-hybridized carbons (Fsp3) is 0.588. The molecule has 0 atom stereocenters. The van der Waals surface area contributed by atoms with Gasteiger partial charge in [0, 0.05) is 19.2 Å². The van der Waals surface area contributed by atoms with E-state index in [9.17, 15) is 4.79 Å². The highest BCUT2D eigenvalue weighted by molar-refractivity contribution is 5.77. The first-order valence-electron chi connectivity index (χ1n) is 7.76. The summed E-state index contributed by atoms with van der Waals surface area (Å²) < 4.78 is 16.2. The fourth-order valence-electron chi connectivity index (χ4n) is 2.36. The maximum Gasteiger partial charge on any atom is 0.260 e. The lowest BCUT2D eigenvalue weighted by Gasteiger charge is -2.26. The standard InChI is InChI=1S/C17H25NO4/c1-12(2)8-18(9-13(3)4)17(19)10-20-14-5-6-15-16(7-14)22-11-21-15/h5-7,12-13H,8-11H2,1-4H3. The van der Waals surface area contributed by atoms with Gasteiger partial charge >= 0.3 is 0 Å². The van der Waals surface area contributed by atoms with Crippen molar-refractivity contribution in [3.8, 4) is 17.2 Å². The second-order valence-corrected chi connectivity index (χ2v) is 6.39. The minimum absolute atomic E-state index is 0.0140. The number of nitrogens with zero attached hydrogens (tertiary/aromatic N) is 1. The number of rotatable bonds is 7. The molecule has 0 radical (unpaired) electrons. The molecule has 0 aliphatic carbocycles. The summed E-state index contributed by atoms with van der Waals surface area (Å²) in [6, 6.07) is 5.34. The number of ether oxygens (including phenoxy) is 3. The Morgan fingerprint density at radius 3 is 2.41 bits per heavy atom. The molecular weight excluding hydrogens is 282 g/mol. The molecule has 0 N–H and O–H groups in total. The number of carbonyl (C=O) groups is 1. The van der Waals surface area contributed by atoms with Gasteiger partial charge in [-0.3, -0.25) is 4.79 Å². The predicted molar refractivity (Wildman–Crippen MR) is 84.3 cm³/mol. The molecule has 122 valence electrons. The monoisotopic (exact) mass is 307 g/mol. The average molecular weight is 307 g/mol. The van der Waals surface area contributed by atoms with Gasteiger partial charge in [-0.25, -0.2) is 0 Å². The molecule has 1 aliphatic heterocycles. The van der Waals surface area contributed by atoms with Gasteiger partial charge in [0.05, 0.1) is 0 Å². The fourth-order valence-corrected chi connectivity index (χ4v) is 2.36. The molecule has 1 aromatic carbocycles. The third-order valence-corrected chi connectivity index (χ3v) is 3.23. The van der Waals surface area contributed by atoms with Crippen LogP contribution in [0.4, 0.5) is 0 Å². The van der Waals surface area contributed by atoms with Gasteiger partial charge < -0.3 is 19.1 Å². The van der Waals surface area contributed by atoms with E-state index in [0.29, 0.717) is 29.1 Å². The summed E-state index contributed by atoms with van der Waals surface area (Å²) in [4.78, 5) is 14.2. The first kappa shape index (κ1) is 16.5. The summed E-state index contributed by atoms with van der Waals surface area (Å²) in [5.41, 5.74) is 0. The number of carbonyl (C=O) groups excluding carboxylic acids is 1. The Labute approximate surface area is 132 Å². The molecule has 2 rings (SSSR count). The Morgan fingerprint density at radius 1 is 1.14 bits per heavy atom. The van der Waals surface area contributed by atoms with E-state index in [0.717, 1.165) is 13.1 Å². The van der Waals surface area contributed by atoms with Crippen molar-refractivity contribution in [2.45, 2.75) is 27.7 Å². The summed E-state index contributed by atoms with van der Waals surface area (Å²) in [7, 11) is 0. The van der Waals surface area contributed by atoms with Gasteiger partial charge in [-0.05, 0) is 24.0 Å². The van der Waals surface area contributed by atoms with Crippen molar-refractivity contribution in [3.05, 3.63) is 18.2 Å². The topological polar surface area (TPSA) is 48.0 Å². The maximum absolute atomic E-state index is 12.4. The zero-order chi connectivity index (χ0) is 16.1. The summed E-state index contributed by atoms with van der Waals surface area (Å²) in [6.45, 7) is 10.2. The zero-order valence-corrected chi connectivity index (χ0v) is 13.8. The van der Waals surface area contributed by atoms with E-state index in [4.69, 9.17) is 14.2 Å². The third-order valence-electron chi connectivity index (χ3n) is 3.23. The molecule has 0 spiro atoms. The summed E-state index contributed by atoms with van der Waals surface area (Å²) >= 11 is 0. The van der Waals surface area contributed by atoms with Crippen LogP contribution in [-0.2, 0) is 4.79 Å². The number of benzene rings is 1. The molecule has 22 heavy (non-hydrogen) atoms. The van der Waals surface area contributed by atoms with E-state index in [-0.39, 0.29) is 19.3 Å². The SMILES string of the molecule is CC(C)CN(CC(C)C)C(=O)COc1ccc2c(c1)OCO2. The van der Waals surface area contributed by atoms with Crippen LogP contribution in [0.15, 0.2) is 18.2 Å². The van der Waals surface area contributed by atoms with E-state index in [1.165, 1.54) is 0 Å². The molecule has 0 aromatic heterocycles. The first-order valence-corrected chi connectivity index (χ1v) is 7.76. The van der Waals surface area contributed by atoms with E-state index in [1.807, 2.05) is 4.90 Å². The van der Waals surface area contributed by atoms with Crippen molar-refractivity contribution in [1.82, 2.24) is 4.90 Å². The summed E-state index contributed by atoms with van der Waals surface area (Å²) in [5, 5.41) is 0. The minimum atomic E-state index is 0.0140. The van der Waals surface area contributed by atoms with Gasteiger partial charge in [-0.1, -0.05) is 27.7 Å². The summed E-state index contributed by atoms with van der Waals surface area (Å²) in [6.07, 6.45) is 0. The summed E-state index contributed by atoms with van der Waals surface area (Å²) in [5.74, 6) is 2.87. The van der Waals surface area contributed by atoms with Gasteiger partial charge in [0.15, 0.2) is 18.1 Å². The van der Waals surface area contributed by atoms with Gasteiger partial charge in [0.2, 0.25) is 6.79 Å². The largest absolute Gasteiger partial charge is 0.484 e. The number of hydrogen-bond acceptors (Lipinski definition) is 4. The molecule has 0 saturated carbocycles. The Hall–Kier alpha value is -1.91. The third kappa shape index (κ3) is 4.55. The van der Waals surface area contributed by atoms with Crippen LogP contribution in [0.2, 0.25) is 0 Å². The van der Waals surface area contributed by atoms with Crippen LogP contribution in [0, 0.1) is 11.8 Å². The molecular formula is C17H25NO4. The van der Waals surface area contributed by atoms with Crippen LogP contribution in [0.25, 0.3) is 0 Å². The Bertz CT molecular complexity index is 503. The molecule has 1 heterocycles. The molecule has 1 aliphatic rings. The number of amides is 1.